The second kappa shape index (κ2) is 13.5. The molecule has 3 aromatic rings. The van der Waals surface area contributed by atoms with Crippen molar-refractivity contribution in [3.05, 3.63) is 112 Å². The van der Waals surface area contributed by atoms with Gasteiger partial charge in [-0.05, 0) is 54.3 Å². The van der Waals surface area contributed by atoms with Gasteiger partial charge in [-0.25, -0.2) is 0 Å². The van der Waals surface area contributed by atoms with Gasteiger partial charge < -0.3 is 19.1 Å². The quantitative estimate of drug-likeness (QED) is 0.310. The molecule has 6 nitrogen and oxygen atoms in total. The number of hydrogen-bond donors (Lipinski definition) is 0. The molecule has 3 aromatic carbocycles. The van der Waals surface area contributed by atoms with Crippen LogP contribution in [0, 0.1) is 0 Å². The van der Waals surface area contributed by atoms with Crippen LogP contribution >= 0.6 is 0 Å². The van der Waals surface area contributed by atoms with Gasteiger partial charge in [-0.15, -0.1) is 0 Å². The van der Waals surface area contributed by atoms with Crippen molar-refractivity contribution in [2.24, 2.45) is 0 Å². The lowest BCUT2D eigenvalue weighted by Gasteiger charge is -2.31. The summed E-state index contributed by atoms with van der Waals surface area (Å²) in [4.78, 5) is 19.0. The van der Waals surface area contributed by atoms with Crippen LogP contribution in [-0.4, -0.2) is 56.7 Å². The normalized spacial score (nSPS) is 19.8. The molecule has 0 spiro atoms. The summed E-state index contributed by atoms with van der Waals surface area (Å²) in [6.45, 7) is 8.18. The van der Waals surface area contributed by atoms with Crippen LogP contribution in [0.1, 0.15) is 48.9 Å². The van der Waals surface area contributed by atoms with E-state index in [2.05, 4.69) is 61.2 Å². The number of ether oxygens (including phenoxy) is 3. The largest absolute Gasteiger partial charge is 0.497 e. The fourth-order valence-electron chi connectivity index (χ4n) is 6.46. The number of hydrogen-bond acceptors (Lipinski definition) is 5. The number of fused-ring (bicyclic) bond motifs is 2. The fourth-order valence-corrected chi connectivity index (χ4v) is 6.46. The molecule has 0 aromatic heterocycles. The third-order valence-electron chi connectivity index (χ3n) is 8.49. The molecule has 1 heterocycles. The molecule has 43 heavy (non-hydrogen) atoms. The first-order valence-corrected chi connectivity index (χ1v) is 15.2. The number of carbonyl (C=O) groups excluding carboxylic acids is 1. The van der Waals surface area contributed by atoms with Crippen molar-refractivity contribution in [2.45, 2.75) is 51.6 Å². The third-order valence-corrected chi connectivity index (χ3v) is 8.49. The topological polar surface area (TPSA) is 51.2 Å². The highest BCUT2D eigenvalue weighted by atomic mass is 16.5. The molecule has 6 heteroatoms. The average molecular weight is 581 g/mol. The summed E-state index contributed by atoms with van der Waals surface area (Å²) < 4.78 is 17.0. The standard InChI is InChI=1S/C37H44N2O4/c1-37(2)24-28-14-10-16-38(25-29-13-9-15-32(20-29)41-3)17-18-39(26-27-11-7-6-8-12-27)36(40)31(19-28)21-30-22-33(42-4)23-34(43-5)35(30)37/h6-9,11-13,15,19-20,22-24H,10,14,16-18,21,25-26H2,1-5H3/b28-24-,31-19+. The number of allylic oxidation sites excluding steroid dienone is 3. The first-order chi connectivity index (χ1) is 20.8. The minimum absolute atomic E-state index is 0.0745. The summed E-state index contributed by atoms with van der Waals surface area (Å²) in [5.74, 6) is 2.46. The Morgan fingerprint density at radius 1 is 0.791 bits per heavy atom. The molecule has 226 valence electrons. The Morgan fingerprint density at radius 3 is 2.30 bits per heavy atom. The number of amides is 1. The molecule has 0 saturated heterocycles. The van der Waals surface area contributed by atoms with Gasteiger partial charge in [0.05, 0.1) is 21.3 Å². The van der Waals surface area contributed by atoms with Crippen molar-refractivity contribution in [2.75, 3.05) is 41.0 Å². The van der Waals surface area contributed by atoms with Crippen molar-refractivity contribution in [3.63, 3.8) is 0 Å². The van der Waals surface area contributed by atoms with Crippen molar-refractivity contribution in [1.29, 1.82) is 0 Å². The number of methoxy groups -OCH3 is 3. The van der Waals surface area contributed by atoms with Gasteiger partial charge >= 0.3 is 0 Å². The third kappa shape index (κ3) is 7.31. The van der Waals surface area contributed by atoms with E-state index in [4.69, 9.17) is 14.2 Å². The van der Waals surface area contributed by atoms with Gasteiger partial charge in [0.25, 0.3) is 0 Å². The molecule has 0 fully saturated rings. The molecule has 0 radical (unpaired) electrons. The molecule has 0 saturated carbocycles. The van der Waals surface area contributed by atoms with Crippen LogP contribution in [-0.2, 0) is 29.7 Å². The van der Waals surface area contributed by atoms with Crippen LogP contribution in [0.2, 0.25) is 0 Å². The van der Waals surface area contributed by atoms with Gasteiger partial charge in [-0.1, -0.05) is 74.0 Å². The maximum Gasteiger partial charge on any atom is 0.250 e. The highest BCUT2D eigenvalue weighted by molar-refractivity contribution is 5.94. The van der Waals surface area contributed by atoms with Gasteiger partial charge in [0.15, 0.2) is 0 Å². The Balaban J connectivity index is 1.55. The highest BCUT2D eigenvalue weighted by Crippen LogP contribution is 2.42. The van der Waals surface area contributed by atoms with Gasteiger partial charge in [0.1, 0.15) is 17.2 Å². The molecule has 1 aliphatic heterocycles. The number of benzene rings is 3. The summed E-state index contributed by atoms with van der Waals surface area (Å²) >= 11 is 0. The van der Waals surface area contributed by atoms with Crippen molar-refractivity contribution < 1.29 is 19.0 Å². The van der Waals surface area contributed by atoms with E-state index >= 15 is 0 Å². The SMILES string of the molecule is COc1cccc(CN2CCCC3=C/C(C)(C)c4c(cc(OC)cc4OC)C/C(=C\3)C(=O)N(Cc3ccccc3)CC2)c1. The molecule has 0 N–H and O–H groups in total. The van der Waals surface area contributed by atoms with Crippen LogP contribution in [0.3, 0.4) is 0 Å². The van der Waals surface area contributed by atoms with Crippen molar-refractivity contribution in [3.8, 4) is 17.2 Å². The molecular weight excluding hydrogens is 536 g/mol. The van der Waals surface area contributed by atoms with Crippen LogP contribution in [0.15, 0.2) is 90.0 Å². The molecule has 0 unspecified atom stereocenters. The Hall–Kier alpha value is -4.03. The Labute approximate surface area is 256 Å². The Morgan fingerprint density at radius 2 is 1.56 bits per heavy atom. The zero-order valence-electron chi connectivity index (χ0n) is 26.2. The maximum absolute atomic E-state index is 14.5. The van der Waals surface area contributed by atoms with Gasteiger partial charge in [0, 0.05) is 55.2 Å². The molecule has 2 bridgehead atoms. The van der Waals surface area contributed by atoms with Crippen molar-refractivity contribution in [1.82, 2.24) is 9.80 Å². The molecule has 0 atom stereocenters. The predicted octanol–water partition coefficient (Wildman–Crippen LogP) is 6.72. The molecule has 1 amide bonds. The second-order valence-corrected chi connectivity index (χ2v) is 12.1. The summed E-state index contributed by atoms with van der Waals surface area (Å²) in [5.41, 5.74) is 6.20. The van der Waals surface area contributed by atoms with E-state index in [9.17, 15) is 4.79 Å². The summed E-state index contributed by atoms with van der Waals surface area (Å²) in [6, 6.07) is 22.6. The van der Waals surface area contributed by atoms with Crippen LogP contribution < -0.4 is 14.2 Å². The van der Waals surface area contributed by atoms with Gasteiger partial charge in [-0.2, -0.15) is 0 Å². The predicted molar refractivity (Wildman–Crippen MR) is 172 cm³/mol. The average Bonchev–Trinajstić information content (AvgIpc) is 3.03. The Kier molecular flexibility index (Phi) is 9.56. The van der Waals surface area contributed by atoms with Crippen LogP contribution in [0.5, 0.6) is 17.2 Å². The highest BCUT2D eigenvalue weighted by Gasteiger charge is 2.31. The summed E-state index contributed by atoms with van der Waals surface area (Å²) in [7, 11) is 5.08. The smallest absolute Gasteiger partial charge is 0.250 e. The lowest BCUT2D eigenvalue weighted by molar-refractivity contribution is -0.128. The Bertz CT molecular complexity index is 1490. The minimum Gasteiger partial charge on any atom is -0.497 e. The minimum atomic E-state index is -0.294. The second-order valence-electron chi connectivity index (χ2n) is 12.1. The summed E-state index contributed by atoms with van der Waals surface area (Å²) in [6.07, 6.45) is 6.89. The van der Waals surface area contributed by atoms with Crippen LogP contribution in [0.4, 0.5) is 0 Å². The molecular formula is C37H44N2O4. The lowest BCUT2D eigenvalue weighted by Crippen LogP contribution is -2.39. The van der Waals surface area contributed by atoms with E-state index in [0.29, 0.717) is 19.5 Å². The molecule has 1 aliphatic carbocycles. The van der Waals surface area contributed by atoms with E-state index in [0.717, 1.165) is 72.0 Å². The fraction of sp³-hybridized carbons (Fsp3) is 0.378. The number of carbonyl (C=O) groups is 1. The van der Waals surface area contributed by atoms with E-state index in [-0.39, 0.29) is 11.3 Å². The van der Waals surface area contributed by atoms with Crippen LogP contribution in [0.25, 0.3) is 0 Å². The van der Waals surface area contributed by atoms with E-state index in [1.165, 1.54) is 11.1 Å². The first kappa shape index (κ1) is 30.4. The van der Waals surface area contributed by atoms with Crippen molar-refractivity contribution >= 4 is 5.91 Å². The lowest BCUT2D eigenvalue weighted by atomic mass is 9.76. The maximum atomic E-state index is 14.5. The number of rotatable bonds is 7. The summed E-state index contributed by atoms with van der Waals surface area (Å²) in [5, 5.41) is 0. The van der Waals surface area contributed by atoms with E-state index in [1.807, 2.05) is 41.3 Å². The van der Waals surface area contributed by atoms with E-state index < -0.39 is 0 Å². The first-order valence-electron chi connectivity index (χ1n) is 15.2. The van der Waals surface area contributed by atoms with Gasteiger partial charge in [0.2, 0.25) is 5.91 Å². The van der Waals surface area contributed by atoms with Gasteiger partial charge in [-0.3, -0.25) is 9.69 Å². The molecule has 2 aliphatic rings. The zero-order chi connectivity index (χ0) is 30.4. The monoisotopic (exact) mass is 580 g/mol. The van der Waals surface area contributed by atoms with E-state index in [1.54, 1.807) is 21.3 Å². The number of nitrogens with zero attached hydrogens (tertiary/aromatic N) is 2. The molecule has 5 rings (SSSR count). The zero-order valence-corrected chi connectivity index (χ0v) is 26.2.